The lowest BCUT2D eigenvalue weighted by atomic mass is 10.1. The van der Waals surface area contributed by atoms with Gasteiger partial charge in [-0.25, -0.2) is 0 Å². The van der Waals surface area contributed by atoms with E-state index in [-0.39, 0.29) is 12.0 Å². The summed E-state index contributed by atoms with van der Waals surface area (Å²) >= 11 is 0. The van der Waals surface area contributed by atoms with Crippen molar-refractivity contribution in [3.05, 3.63) is 54.4 Å². The number of benzene rings is 1. The predicted molar refractivity (Wildman–Crippen MR) is 77.6 cm³/mol. The summed E-state index contributed by atoms with van der Waals surface area (Å²) in [5.41, 5.74) is 0.633. The lowest BCUT2D eigenvalue weighted by molar-refractivity contribution is 0.0176. The Hall–Kier alpha value is -2.56. The fourth-order valence-corrected chi connectivity index (χ4v) is 2.23. The van der Waals surface area contributed by atoms with Crippen molar-refractivity contribution in [1.29, 1.82) is 0 Å². The molecular formula is C16H16N2O3. The van der Waals surface area contributed by atoms with E-state index >= 15 is 0 Å². The number of carbonyl (C=O) groups is 1. The van der Waals surface area contributed by atoms with Crippen LogP contribution in [0.5, 0.6) is 11.5 Å². The molecule has 3 rings (SSSR count). The minimum atomic E-state index is -0.0000586. The van der Waals surface area contributed by atoms with Crippen molar-refractivity contribution < 1.29 is 14.3 Å². The topological polar surface area (TPSA) is 51.7 Å². The third-order valence-corrected chi connectivity index (χ3v) is 3.39. The molecule has 1 saturated heterocycles. The Labute approximate surface area is 123 Å². The molecule has 1 aliphatic rings. The molecule has 2 heterocycles. The van der Waals surface area contributed by atoms with Gasteiger partial charge in [0.05, 0.1) is 26.4 Å². The molecule has 0 bridgehead atoms. The maximum Gasteiger partial charge on any atom is 0.254 e. The van der Waals surface area contributed by atoms with E-state index in [2.05, 4.69) is 4.98 Å². The number of pyridine rings is 1. The Kier molecular flexibility index (Phi) is 3.73. The number of hydrogen-bond acceptors (Lipinski definition) is 4. The second-order valence-corrected chi connectivity index (χ2v) is 4.87. The summed E-state index contributed by atoms with van der Waals surface area (Å²) in [6.45, 7) is 1.18. The van der Waals surface area contributed by atoms with Crippen LogP contribution in [0.25, 0.3) is 0 Å². The summed E-state index contributed by atoms with van der Waals surface area (Å²) in [7, 11) is 1.59. The number of amides is 1. The highest BCUT2D eigenvalue weighted by Crippen LogP contribution is 2.20. The van der Waals surface area contributed by atoms with Crippen molar-refractivity contribution in [1.82, 2.24) is 9.88 Å². The normalized spacial score (nSPS) is 14.4. The Morgan fingerprint density at radius 1 is 1.24 bits per heavy atom. The molecule has 1 fully saturated rings. The number of methoxy groups -OCH3 is 1. The van der Waals surface area contributed by atoms with E-state index in [1.54, 1.807) is 36.5 Å². The van der Waals surface area contributed by atoms with E-state index in [9.17, 15) is 4.79 Å². The SMILES string of the molecule is COc1cccc(C(=O)N2CC(Oc3cccnc3)C2)c1. The molecule has 0 radical (unpaired) electrons. The first-order valence-electron chi connectivity index (χ1n) is 6.76. The van der Waals surface area contributed by atoms with E-state index in [4.69, 9.17) is 9.47 Å². The van der Waals surface area contributed by atoms with E-state index in [1.165, 1.54) is 0 Å². The van der Waals surface area contributed by atoms with Crippen LogP contribution < -0.4 is 9.47 Å². The molecule has 0 atom stereocenters. The second-order valence-electron chi connectivity index (χ2n) is 4.87. The number of nitrogens with zero attached hydrogens (tertiary/aromatic N) is 2. The quantitative estimate of drug-likeness (QED) is 0.861. The minimum absolute atomic E-state index is 0.0000586. The fourth-order valence-electron chi connectivity index (χ4n) is 2.23. The molecule has 1 amide bonds. The van der Waals surface area contributed by atoms with Gasteiger partial charge in [0, 0.05) is 11.8 Å². The number of aromatic nitrogens is 1. The van der Waals surface area contributed by atoms with Crippen molar-refractivity contribution in [2.24, 2.45) is 0 Å². The Morgan fingerprint density at radius 3 is 2.76 bits per heavy atom. The highest BCUT2D eigenvalue weighted by atomic mass is 16.5. The smallest absolute Gasteiger partial charge is 0.254 e. The summed E-state index contributed by atoms with van der Waals surface area (Å²) in [6, 6.07) is 10.9. The van der Waals surface area contributed by atoms with Crippen molar-refractivity contribution in [2.75, 3.05) is 20.2 Å². The van der Waals surface area contributed by atoms with Gasteiger partial charge in [0.25, 0.3) is 5.91 Å². The lowest BCUT2D eigenvalue weighted by Crippen LogP contribution is -2.56. The van der Waals surface area contributed by atoms with Crippen LogP contribution >= 0.6 is 0 Å². The Bertz CT molecular complexity index is 624. The average molecular weight is 284 g/mol. The molecular weight excluding hydrogens is 268 g/mol. The summed E-state index contributed by atoms with van der Waals surface area (Å²) in [4.78, 5) is 18.1. The molecule has 1 aliphatic heterocycles. The summed E-state index contributed by atoms with van der Waals surface area (Å²) in [5.74, 6) is 1.42. The van der Waals surface area contributed by atoms with E-state index in [0.29, 0.717) is 24.4 Å². The second kappa shape index (κ2) is 5.83. The van der Waals surface area contributed by atoms with Gasteiger partial charge in [-0.3, -0.25) is 9.78 Å². The number of likely N-dealkylation sites (tertiary alicyclic amines) is 1. The summed E-state index contributed by atoms with van der Waals surface area (Å²) in [5, 5.41) is 0. The van der Waals surface area contributed by atoms with Crippen molar-refractivity contribution in [2.45, 2.75) is 6.10 Å². The average Bonchev–Trinajstić information content (AvgIpc) is 2.51. The largest absolute Gasteiger partial charge is 0.497 e. The third-order valence-electron chi connectivity index (χ3n) is 3.39. The zero-order chi connectivity index (χ0) is 14.7. The van der Waals surface area contributed by atoms with Crippen LogP contribution in [0.3, 0.4) is 0 Å². The summed E-state index contributed by atoms with van der Waals surface area (Å²) in [6.07, 6.45) is 3.41. The number of ether oxygens (including phenoxy) is 2. The van der Waals surface area contributed by atoms with Gasteiger partial charge in [-0.2, -0.15) is 0 Å². The van der Waals surface area contributed by atoms with Crippen molar-refractivity contribution in [3.63, 3.8) is 0 Å². The maximum atomic E-state index is 12.3. The molecule has 5 nitrogen and oxygen atoms in total. The van der Waals surface area contributed by atoms with Gasteiger partial charge in [-0.15, -0.1) is 0 Å². The van der Waals surface area contributed by atoms with Gasteiger partial charge >= 0.3 is 0 Å². The molecule has 0 spiro atoms. The van der Waals surface area contributed by atoms with Crippen LogP contribution in [0.1, 0.15) is 10.4 Å². The fraction of sp³-hybridized carbons (Fsp3) is 0.250. The molecule has 0 aliphatic carbocycles. The molecule has 0 unspecified atom stereocenters. The van der Waals surface area contributed by atoms with Crippen LogP contribution in [-0.4, -0.2) is 42.1 Å². The van der Waals surface area contributed by atoms with Crippen LogP contribution in [0, 0.1) is 0 Å². The first-order chi connectivity index (χ1) is 10.3. The highest BCUT2D eigenvalue weighted by Gasteiger charge is 2.32. The van der Waals surface area contributed by atoms with Gasteiger partial charge in [0.1, 0.15) is 17.6 Å². The molecule has 1 aromatic heterocycles. The monoisotopic (exact) mass is 284 g/mol. The zero-order valence-electron chi connectivity index (χ0n) is 11.7. The number of carbonyl (C=O) groups excluding carboxylic acids is 1. The van der Waals surface area contributed by atoms with Crippen LogP contribution in [0.4, 0.5) is 0 Å². The standard InChI is InChI=1S/C16H16N2O3/c1-20-13-5-2-4-12(8-13)16(19)18-10-15(11-18)21-14-6-3-7-17-9-14/h2-9,15H,10-11H2,1H3. The molecule has 1 aromatic carbocycles. The van der Waals surface area contributed by atoms with Crippen LogP contribution in [-0.2, 0) is 0 Å². The van der Waals surface area contributed by atoms with Crippen molar-refractivity contribution in [3.8, 4) is 11.5 Å². The van der Waals surface area contributed by atoms with Crippen molar-refractivity contribution >= 4 is 5.91 Å². The van der Waals surface area contributed by atoms with Gasteiger partial charge in [0.15, 0.2) is 0 Å². The third kappa shape index (κ3) is 2.97. The maximum absolute atomic E-state index is 12.3. The molecule has 21 heavy (non-hydrogen) atoms. The van der Waals surface area contributed by atoms with Gasteiger partial charge in [-0.1, -0.05) is 6.07 Å². The van der Waals surface area contributed by atoms with Gasteiger partial charge in [0.2, 0.25) is 0 Å². The number of hydrogen-bond donors (Lipinski definition) is 0. The van der Waals surface area contributed by atoms with Crippen LogP contribution in [0.15, 0.2) is 48.8 Å². The Balaban J connectivity index is 1.57. The molecule has 5 heteroatoms. The highest BCUT2D eigenvalue weighted by molar-refractivity contribution is 5.95. The van der Waals surface area contributed by atoms with E-state index in [1.807, 2.05) is 24.3 Å². The molecule has 0 saturated carbocycles. The molecule has 0 N–H and O–H groups in total. The molecule has 2 aromatic rings. The Morgan fingerprint density at radius 2 is 2.05 bits per heavy atom. The first-order valence-corrected chi connectivity index (χ1v) is 6.76. The molecule has 108 valence electrons. The summed E-state index contributed by atoms with van der Waals surface area (Å²) < 4.78 is 10.9. The lowest BCUT2D eigenvalue weighted by Gasteiger charge is -2.38. The van der Waals surface area contributed by atoms with E-state index < -0.39 is 0 Å². The minimum Gasteiger partial charge on any atom is -0.497 e. The van der Waals surface area contributed by atoms with Gasteiger partial charge < -0.3 is 14.4 Å². The van der Waals surface area contributed by atoms with Gasteiger partial charge in [-0.05, 0) is 30.3 Å². The van der Waals surface area contributed by atoms with E-state index in [0.717, 1.165) is 5.75 Å². The predicted octanol–water partition coefficient (Wildman–Crippen LogP) is 1.99. The number of rotatable bonds is 4. The first kappa shape index (κ1) is 13.4. The van der Waals surface area contributed by atoms with Crippen LogP contribution in [0.2, 0.25) is 0 Å². The zero-order valence-corrected chi connectivity index (χ0v) is 11.7.